The van der Waals surface area contributed by atoms with Crippen LogP contribution in [0.1, 0.15) is 41.3 Å². The largest absolute Gasteiger partial charge is 0.493 e. The van der Waals surface area contributed by atoms with Crippen molar-refractivity contribution in [3.63, 3.8) is 0 Å². The van der Waals surface area contributed by atoms with E-state index in [9.17, 15) is 15.3 Å². The van der Waals surface area contributed by atoms with Gasteiger partial charge in [-0.05, 0) is 61.9 Å². The van der Waals surface area contributed by atoms with Crippen molar-refractivity contribution in [2.24, 2.45) is 0 Å². The van der Waals surface area contributed by atoms with Crippen molar-refractivity contribution < 1.29 is 14.3 Å². The molecule has 29 heavy (non-hydrogen) atoms. The number of hydrogen-bond donors (Lipinski definition) is 1. The van der Waals surface area contributed by atoms with E-state index < -0.39 is 5.91 Å². The summed E-state index contributed by atoms with van der Waals surface area (Å²) in [5.41, 5.74) is 2.16. The molecule has 0 aliphatic heterocycles. The van der Waals surface area contributed by atoms with E-state index >= 15 is 0 Å². The van der Waals surface area contributed by atoms with Gasteiger partial charge in [-0.15, -0.1) is 11.3 Å². The highest BCUT2D eigenvalue weighted by Gasteiger charge is 2.22. The number of methoxy groups -OCH3 is 1. The van der Waals surface area contributed by atoms with E-state index in [0.29, 0.717) is 34.2 Å². The lowest BCUT2D eigenvalue weighted by Gasteiger charge is -2.10. The van der Waals surface area contributed by atoms with Gasteiger partial charge in [0, 0.05) is 4.88 Å². The molecule has 1 heterocycles. The zero-order chi connectivity index (χ0) is 20.8. The standard InChI is InChI=1S/C22H21N3O3S/c1-3-28-18-9-8-14(11-19(18)27-2)10-15(12-23)21(26)25-22-17(13-24)16-6-4-5-7-20(16)29-22/h8-11H,3-7H2,1-2H3,(H,25,26). The first-order valence-corrected chi connectivity index (χ1v) is 10.2. The maximum absolute atomic E-state index is 12.7. The van der Waals surface area contributed by atoms with Crippen molar-refractivity contribution in [2.45, 2.75) is 32.6 Å². The van der Waals surface area contributed by atoms with Crippen LogP contribution in [0.4, 0.5) is 5.00 Å². The van der Waals surface area contributed by atoms with Crippen molar-refractivity contribution >= 4 is 28.3 Å². The fourth-order valence-electron chi connectivity index (χ4n) is 3.31. The molecule has 0 fully saturated rings. The van der Waals surface area contributed by atoms with Crippen LogP contribution >= 0.6 is 11.3 Å². The number of benzene rings is 1. The third-order valence-electron chi connectivity index (χ3n) is 4.67. The Bertz CT molecular complexity index is 1040. The van der Waals surface area contributed by atoms with Crippen LogP contribution in [0.3, 0.4) is 0 Å². The molecule has 0 spiro atoms. The molecule has 1 aromatic carbocycles. The first-order chi connectivity index (χ1) is 14.1. The van der Waals surface area contributed by atoms with Gasteiger partial charge in [0.05, 0.1) is 19.3 Å². The summed E-state index contributed by atoms with van der Waals surface area (Å²) in [6.45, 7) is 2.38. The molecule has 1 amide bonds. The van der Waals surface area contributed by atoms with Gasteiger partial charge in [0.15, 0.2) is 11.5 Å². The fourth-order valence-corrected chi connectivity index (χ4v) is 4.54. The highest BCUT2D eigenvalue weighted by Crippen LogP contribution is 2.38. The number of ether oxygens (including phenoxy) is 2. The number of anilines is 1. The smallest absolute Gasteiger partial charge is 0.266 e. The third kappa shape index (κ3) is 4.42. The van der Waals surface area contributed by atoms with Gasteiger partial charge in [-0.1, -0.05) is 6.07 Å². The summed E-state index contributed by atoms with van der Waals surface area (Å²) in [6.07, 6.45) is 5.42. The number of nitriles is 2. The number of nitrogens with zero attached hydrogens (tertiary/aromatic N) is 2. The first kappa shape index (κ1) is 20.4. The lowest BCUT2D eigenvalue weighted by Crippen LogP contribution is -2.13. The number of fused-ring (bicyclic) bond motifs is 1. The molecule has 0 radical (unpaired) electrons. The molecule has 1 aliphatic rings. The number of nitrogens with one attached hydrogen (secondary N) is 1. The minimum absolute atomic E-state index is 0.0496. The average molecular weight is 407 g/mol. The molecule has 1 N–H and O–H groups in total. The molecule has 0 saturated carbocycles. The summed E-state index contributed by atoms with van der Waals surface area (Å²) < 4.78 is 10.8. The van der Waals surface area contributed by atoms with Crippen LogP contribution in [-0.2, 0) is 17.6 Å². The van der Waals surface area contributed by atoms with Gasteiger partial charge in [0.25, 0.3) is 5.91 Å². The second kappa shape index (κ2) is 9.27. The molecule has 0 atom stereocenters. The number of hydrogen-bond acceptors (Lipinski definition) is 6. The third-order valence-corrected chi connectivity index (χ3v) is 5.88. The Morgan fingerprint density at radius 2 is 2.07 bits per heavy atom. The van der Waals surface area contributed by atoms with Gasteiger partial charge in [-0.25, -0.2) is 0 Å². The number of amides is 1. The van der Waals surface area contributed by atoms with Crippen molar-refractivity contribution in [1.82, 2.24) is 0 Å². The SMILES string of the molecule is CCOc1ccc(C=C(C#N)C(=O)Nc2sc3c(c2C#N)CCCC3)cc1OC. The van der Waals surface area contributed by atoms with Crippen molar-refractivity contribution in [1.29, 1.82) is 10.5 Å². The second-order valence-corrected chi connectivity index (χ2v) is 7.60. The fraction of sp³-hybridized carbons (Fsp3) is 0.318. The molecular formula is C22H21N3O3S. The van der Waals surface area contributed by atoms with Crippen LogP contribution in [-0.4, -0.2) is 19.6 Å². The zero-order valence-corrected chi connectivity index (χ0v) is 17.2. The minimum atomic E-state index is -0.532. The number of aryl methyl sites for hydroxylation is 1. The van der Waals surface area contributed by atoms with Gasteiger partial charge >= 0.3 is 0 Å². The summed E-state index contributed by atoms with van der Waals surface area (Å²) >= 11 is 1.43. The topological polar surface area (TPSA) is 95.1 Å². The van der Waals surface area contributed by atoms with Gasteiger partial charge in [-0.2, -0.15) is 10.5 Å². The molecule has 7 heteroatoms. The molecule has 1 aromatic heterocycles. The molecule has 0 unspecified atom stereocenters. The molecule has 2 aromatic rings. The Balaban J connectivity index is 1.86. The van der Waals surface area contributed by atoms with Crippen molar-refractivity contribution in [3.8, 4) is 23.6 Å². The molecule has 1 aliphatic carbocycles. The minimum Gasteiger partial charge on any atom is -0.493 e. The average Bonchev–Trinajstić information content (AvgIpc) is 3.09. The summed E-state index contributed by atoms with van der Waals surface area (Å²) in [5, 5.41) is 22.3. The molecular weight excluding hydrogens is 386 g/mol. The maximum atomic E-state index is 12.7. The van der Waals surface area contributed by atoms with Crippen LogP contribution in [0.2, 0.25) is 0 Å². The Morgan fingerprint density at radius 1 is 1.28 bits per heavy atom. The van der Waals surface area contributed by atoms with Crippen LogP contribution < -0.4 is 14.8 Å². The highest BCUT2D eigenvalue weighted by molar-refractivity contribution is 7.16. The highest BCUT2D eigenvalue weighted by atomic mass is 32.1. The predicted molar refractivity (Wildman–Crippen MR) is 112 cm³/mol. The Hall–Kier alpha value is -3.29. The number of carbonyl (C=O) groups excluding carboxylic acids is 1. The van der Waals surface area contributed by atoms with Crippen molar-refractivity contribution in [2.75, 3.05) is 19.0 Å². The van der Waals surface area contributed by atoms with Crippen molar-refractivity contribution in [3.05, 3.63) is 45.3 Å². The quantitative estimate of drug-likeness (QED) is 0.564. The summed E-state index contributed by atoms with van der Waals surface area (Å²) in [5.74, 6) is 0.587. The lowest BCUT2D eigenvalue weighted by atomic mass is 9.96. The molecule has 3 rings (SSSR count). The van der Waals surface area contributed by atoms with E-state index in [1.807, 2.05) is 13.0 Å². The van der Waals surface area contributed by atoms with E-state index in [4.69, 9.17) is 9.47 Å². The van der Waals surface area contributed by atoms with E-state index in [1.165, 1.54) is 24.5 Å². The van der Waals surface area contributed by atoms with Gasteiger partial charge < -0.3 is 14.8 Å². The normalized spacial score (nSPS) is 13.0. The predicted octanol–water partition coefficient (Wildman–Crippen LogP) is 4.45. The molecule has 148 valence electrons. The van der Waals surface area contributed by atoms with E-state index in [0.717, 1.165) is 36.1 Å². The van der Waals surface area contributed by atoms with Crippen LogP contribution in [0.15, 0.2) is 23.8 Å². The number of rotatable bonds is 6. The van der Waals surface area contributed by atoms with Crippen LogP contribution in [0.25, 0.3) is 6.08 Å². The summed E-state index contributed by atoms with van der Waals surface area (Å²) in [4.78, 5) is 13.8. The lowest BCUT2D eigenvalue weighted by molar-refractivity contribution is -0.112. The first-order valence-electron chi connectivity index (χ1n) is 9.39. The van der Waals surface area contributed by atoms with Gasteiger partial charge in [0.2, 0.25) is 0 Å². The van der Waals surface area contributed by atoms with Crippen LogP contribution in [0.5, 0.6) is 11.5 Å². The summed E-state index contributed by atoms with van der Waals surface area (Å²) in [6, 6.07) is 9.36. The second-order valence-electron chi connectivity index (χ2n) is 6.49. The Labute approximate surface area is 174 Å². The molecule has 0 saturated heterocycles. The van der Waals surface area contributed by atoms with Gasteiger partial charge in [-0.3, -0.25) is 4.79 Å². The monoisotopic (exact) mass is 407 g/mol. The molecule has 6 nitrogen and oxygen atoms in total. The maximum Gasteiger partial charge on any atom is 0.266 e. The van der Waals surface area contributed by atoms with Gasteiger partial charge in [0.1, 0.15) is 22.7 Å². The Kier molecular flexibility index (Phi) is 6.54. The Morgan fingerprint density at radius 3 is 2.76 bits per heavy atom. The van der Waals surface area contributed by atoms with E-state index in [2.05, 4.69) is 11.4 Å². The number of thiophene rings is 1. The van der Waals surface area contributed by atoms with E-state index in [-0.39, 0.29) is 5.57 Å². The summed E-state index contributed by atoms with van der Waals surface area (Å²) in [7, 11) is 1.53. The van der Waals surface area contributed by atoms with Crippen LogP contribution in [0, 0.1) is 22.7 Å². The molecule has 0 bridgehead atoms. The zero-order valence-electron chi connectivity index (χ0n) is 16.4. The van der Waals surface area contributed by atoms with E-state index in [1.54, 1.807) is 18.2 Å². The number of carbonyl (C=O) groups is 1.